The Morgan fingerprint density at radius 2 is 1.81 bits per heavy atom. The average Bonchev–Trinajstić information content (AvgIpc) is 3.03. The smallest absolute Gasteiger partial charge is 0.0851 e. The Morgan fingerprint density at radius 1 is 1.05 bits per heavy atom. The van der Waals surface area contributed by atoms with Crippen LogP contribution in [0.4, 0.5) is 0 Å². The number of hydrogen-bond donors (Lipinski definition) is 0. The Bertz CT molecular complexity index is 399. The third kappa shape index (κ3) is 5.91. The molecule has 2 heteroatoms. The molecule has 1 unspecified atom stereocenters. The zero-order chi connectivity index (χ0) is 14.8. The molecule has 2 nitrogen and oxygen atoms in total. The fraction of sp³-hybridized carbons (Fsp3) is 0.632. The zero-order valence-corrected chi connectivity index (χ0v) is 13.5. The fourth-order valence-electron chi connectivity index (χ4n) is 3.10. The Hall–Kier alpha value is -1.31. The summed E-state index contributed by atoms with van der Waals surface area (Å²) < 4.78 is 0. The minimum atomic E-state index is 0.655. The summed E-state index contributed by atoms with van der Waals surface area (Å²) in [6.45, 7) is 5.48. The van der Waals surface area contributed by atoms with Crippen LogP contribution in [0.5, 0.6) is 0 Å². The van der Waals surface area contributed by atoms with Crippen molar-refractivity contribution >= 4 is 6.34 Å². The first-order valence-electron chi connectivity index (χ1n) is 8.69. The van der Waals surface area contributed by atoms with Crippen molar-refractivity contribution in [2.24, 2.45) is 4.99 Å². The maximum atomic E-state index is 4.34. The van der Waals surface area contributed by atoms with Crippen LogP contribution in [0.3, 0.4) is 0 Å². The Kier molecular flexibility index (Phi) is 7.34. The normalized spacial score (nSPS) is 15.6. The van der Waals surface area contributed by atoms with Crippen molar-refractivity contribution in [3.8, 4) is 0 Å². The molecule has 0 amide bonds. The molecule has 116 valence electrons. The molecule has 0 N–H and O–H groups in total. The van der Waals surface area contributed by atoms with Crippen LogP contribution in [0, 0.1) is 0 Å². The highest BCUT2D eigenvalue weighted by Crippen LogP contribution is 2.24. The second kappa shape index (κ2) is 9.59. The van der Waals surface area contributed by atoms with Gasteiger partial charge in [0.2, 0.25) is 0 Å². The van der Waals surface area contributed by atoms with Crippen molar-refractivity contribution in [3.05, 3.63) is 35.9 Å². The third-order valence-corrected chi connectivity index (χ3v) is 4.39. The molecule has 1 heterocycles. The van der Waals surface area contributed by atoms with Gasteiger partial charge in [0.1, 0.15) is 0 Å². The SMILES string of the molecule is CCCCCCCCC(CN1C=NCC1)c1ccccc1. The van der Waals surface area contributed by atoms with Crippen molar-refractivity contribution in [1.82, 2.24) is 4.90 Å². The maximum Gasteiger partial charge on any atom is 0.0851 e. The van der Waals surface area contributed by atoms with Crippen LogP contribution in [-0.2, 0) is 0 Å². The number of unbranched alkanes of at least 4 members (excludes halogenated alkanes) is 5. The molecular weight excluding hydrogens is 256 g/mol. The lowest BCUT2D eigenvalue weighted by Gasteiger charge is -2.23. The highest BCUT2D eigenvalue weighted by atomic mass is 15.2. The summed E-state index contributed by atoms with van der Waals surface area (Å²) in [5.74, 6) is 0.655. The molecule has 1 aliphatic heterocycles. The molecule has 0 saturated carbocycles. The van der Waals surface area contributed by atoms with Crippen molar-refractivity contribution in [2.45, 2.75) is 57.8 Å². The Labute approximate surface area is 130 Å². The van der Waals surface area contributed by atoms with Gasteiger partial charge in [-0.2, -0.15) is 0 Å². The van der Waals surface area contributed by atoms with Crippen LogP contribution >= 0.6 is 0 Å². The molecule has 1 aliphatic rings. The second-order valence-corrected chi connectivity index (χ2v) is 6.18. The van der Waals surface area contributed by atoms with Gasteiger partial charge in [0.15, 0.2) is 0 Å². The largest absolute Gasteiger partial charge is 0.360 e. The number of benzene rings is 1. The first kappa shape index (κ1) is 16.1. The van der Waals surface area contributed by atoms with E-state index in [-0.39, 0.29) is 0 Å². The van der Waals surface area contributed by atoms with Crippen molar-refractivity contribution in [3.63, 3.8) is 0 Å². The summed E-state index contributed by atoms with van der Waals surface area (Å²) in [7, 11) is 0. The summed E-state index contributed by atoms with van der Waals surface area (Å²) in [4.78, 5) is 6.73. The number of aliphatic imine (C=N–C) groups is 1. The van der Waals surface area contributed by atoms with Gasteiger partial charge in [0.25, 0.3) is 0 Å². The zero-order valence-electron chi connectivity index (χ0n) is 13.5. The van der Waals surface area contributed by atoms with Gasteiger partial charge in [-0.1, -0.05) is 75.8 Å². The summed E-state index contributed by atoms with van der Waals surface area (Å²) >= 11 is 0. The van der Waals surface area contributed by atoms with E-state index in [1.807, 2.05) is 6.34 Å². The van der Waals surface area contributed by atoms with E-state index >= 15 is 0 Å². The lowest BCUT2D eigenvalue weighted by molar-refractivity contribution is 0.400. The molecule has 0 aromatic heterocycles. The van der Waals surface area contributed by atoms with E-state index in [1.165, 1.54) is 50.5 Å². The average molecular weight is 286 g/mol. The molecule has 0 fully saturated rings. The minimum Gasteiger partial charge on any atom is -0.360 e. The molecule has 1 aromatic rings. The van der Waals surface area contributed by atoms with Crippen molar-refractivity contribution in [2.75, 3.05) is 19.6 Å². The van der Waals surface area contributed by atoms with E-state index in [4.69, 9.17) is 0 Å². The van der Waals surface area contributed by atoms with Crippen LogP contribution in [0.2, 0.25) is 0 Å². The van der Waals surface area contributed by atoms with E-state index in [2.05, 4.69) is 47.1 Å². The van der Waals surface area contributed by atoms with Crippen LogP contribution in [0.15, 0.2) is 35.3 Å². The molecule has 0 aliphatic carbocycles. The highest BCUT2D eigenvalue weighted by molar-refractivity contribution is 5.57. The lowest BCUT2D eigenvalue weighted by atomic mass is 9.92. The van der Waals surface area contributed by atoms with E-state index in [1.54, 1.807) is 0 Å². The van der Waals surface area contributed by atoms with E-state index in [9.17, 15) is 0 Å². The molecular formula is C19H30N2. The molecule has 0 saturated heterocycles. The quantitative estimate of drug-likeness (QED) is 0.561. The molecule has 1 atom stereocenters. The molecule has 0 radical (unpaired) electrons. The van der Waals surface area contributed by atoms with Gasteiger partial charge >= 0.3 is 0 Å². The first-order valence-corrected chi connectivity index (χ1v) is 8.69. The number of rotatable bonds is 10. The van der Waals surface area contributed by atoms with Gasteiger partial charge in [-0.3, -0.25) is 4.99 Å². The molecule has 0 bridgehead atoms. The topological polar surface area (TPSA) is 15.6 Å². The van der Waals surface area contributed by atoms with Crippen LogP contribution in [0.1, 0.15) is 63.4 Å². The minimum absolute atomic E-state index is 0.655. The number of nitrogens with zero attached hydrogens (tertiary/aromatic N) is 2. The number of hydrogen-bond acceptors (Lipinski definition) is 2. The monoisotopic (exact) mass is 286 g/mol. The molecule has 2 rings (SSSR count). The fourth-order valence-corrected chi connectivity index (χ4v) is 3.10. The van der Waals surface area contributed by atoms with Gasteiger partial charge in [-0.05, 0) is 12.0 Å². The predicted octanol–water partition coefficient (Wildman–Crippen LogP) is 4.86. The van der Waals surface area contributed by atoms with Crippen LogP contribution in [0.25, 0.3) is 0 Å². The molecule has 1 aromatic carbocycles. The highest BCUT2D eigenvalue weighted by Gasteiger charge is 2.16. The van der Waals surface area contributed by atoms with Gasteiger partial charge in [-0.25, -0.2) is 0 Å². The van der Waals surface area contributed by atoms with Crippen LogP contribution in [-0.4, -0.2) is 30.9 Å². The summed E-state index contributed by atoms with van der Waals surface area (Å²) in [6, 6.07) is 11.0. The Balaban J connectivity index is 1.79. The van der Waals surface area contributed by atoms with Crippen molar-refractivity contribution in [1.29, 1.82) is 0 Å². The summed E-state index contributed by atoms with van der Waals surface area (Å²) in [6.07, 6.45) is 11.6. The summed E-state index contributed by atoms with van der Waals surface area (Å²) in [5, 5.41) is 0. The summed E-state index contributed by atoms with van der Waals surface area (Å²) in [5.41, 5.74) is 1.49. The predicted molar refractivity (Wildman–Crippen MR) is 92.1 cm³/mol. The van der Waals surface area contributed by atoms with E-state index in [0.717, 1.165) is 19.6 Å². The Morgan fingerprint density at radius 3 is 2.52 bits per heavy atom. The van der Waals surface area contributed by atoms with Crippen LogP contribution < -0.4 is 0 Å². The van der Waals surface area contributed by atoms with Gasteiger partial charge in [-0.15, -0.1) is 0 Å². The molecule has 21 heavy (non-hydrogen) atoms. The van der Waals surface area contributed by atoms with Gasteiger partial charge in [0.05, 0.1) is 12.9 Å². The first-order chi connectivity index (χ1) is 10.4. The second-order valence-electron chi connectivity index (χ2n) is 6.18. The molecule has 0 spiro atoms. The van der Waals surface area contributed by atoms with E-state index < -0.39 is 0 Å². The van der Waals surface area contributed by atoms with Gasteiger partial charge < -0.3 is 4.90 Å². The lowest BCUT2D eigenvalue weighted by Crippen LogP contribution is -2.26. The van der Waals surface area contributed by atoms with Gasteiger partial charge in [0, 0.05) is 19.0 Å². The standard InChI is InChI=1S/C19H30N2/c1-2-3-4-5-6-8-13-19(16-21-15-14-20-17-21)18-11-9-7-10-12-18/h7,9-12,17,19H,2-6,8,13-16H2,1H3. The third-order valence-electron chi connectivity index (χ3n) is 4.39. The van der Waals surface area contributed by atoms with Crippen molar-refractivity contribution < 1.29 is 0 Å². The maximum absolute atomic E-state index is 4.34. The van der Waals surface area contributed by atoms with E-state index in [0.29, 0.717) is 5.92 Å².